The van der Waals surface area contributed by atoms with Crippen LogP contribution in [0.2, 0.25) is 0 Å². The fourth-order valence-corrected chi connectivity index (χ4v) is 0.322. The molecule has 0 bridgehead atoms. The molecule has 0 unspecified atom stereocenters. The van der Waals surface area contributed by atoms with Gasteiger partial charge in [-0.15, -0.1) is 0 Å². The van der Waals surface area contributed by atoms with Crippen LogP contribution in [0, 0.1) is 5.92 Å². The Balaban J connectivity index is 3.17. The van der Waals surface area contributed by atoms with Gasteiger partial charge in [-0.05, 0) is 5.92 Å². The minimum atomic E-state index is -0.483. The second-order valence-corrected chi connectivity index (χ2v) is 2.20. The van der Waals surface area contributed by atoms with Crippen molar-refractivity contribution in [1.29, 1.82) is 0 Å². The van der Waals surface area contributed by atoms with Gasteiger partial charge in [-0.25, -0.2) is 10.1 Å². The molecule has 0 N–H and O–H groups in total. The van der Waals surface area contributed by atoms with Gasteiger partial charge in [0, 0.05) is 6.54 Å². The molecule has 0 aromatic carbocycles. The van der Waals surface area contributed by atoms with Crippen molar-refractivity contribution < 1.29 is 9.53 Å². The monoisotopic (exact) mass is 130 g/mol. The van der Waals surface area contributed by atoms with E-state index in [1.54, 1.807) is 0 Å². The molecule has 0 spiro atoms. The number of ether oxygens (including phenoxy) is 1. The van der Waals surface area contributed by atoms with Crippen LogP contribution < -0.4 is 5.32 Å². The molecule has 0 rings (SSSR count). The predicted octanol–water partition coefficient (Wildman–Crippen LogP) is 1.01. The third-order valence-electron chi connectivity index (χ3n) is 0.760. The maximum atomic E-state index is 10.3. The second kappa shape index (κ2) is 4.18. The van der Waals surface area contributed by atoms with E-state index in [9.17, 15) is 4.79 Å². The number of hydrogen-bond acceptors (Lipinski definition) is 2. The van der Waals surface area contributed by atoms with E-state index in [1.165, 1.54) is 7.11 Å². The molecule has 9 heavy (non-hydrogen) atoms. The second-order valence-electron chi connectivity index (χ2n) is 2.20. The van der Waals surface area contributed by atoms with Gasteiger partial charge in [0.2, 0.25) is 0 Å². The first-order valence-electron chi connectivity index (χ1n) is 2.92. The van der Waals surface area contributed by atoms with Crippen LogP contribution in [0.4, 0.5) is 4.79 Å². The van der Waals surface area contributed by atoms with Crippen molar-refractivity contribution in [1.82, 2.24) is 5.32 Å². The number of rotatable bonds is 2. The number of nitrogens with zero attached hydrogens (tertiary/aromatic N) is 1. The smallest absolute Gasteiger partial charge is 0.428 e. The van der Waals surface area contributed by atoms with E-state index in [0.29, 0.717) is 12.5 Å². The van der Waals surface area contributed by atoms with E-state index in [4.69, 9.17) is 0 Å². The van der Waals surface area contributed by atoms with Gasteiger partial charge in [-0.2, -0.15) is 0 Å². The molecule has 0 aliphatic carbocycles. The third-order valence-corrected chi connectivity index (χ3v) is 0.760. The minimum absolute atomic E-state index is 0.420. The fraction of sp³-hybridized carbons (Fsp3) is 0.833. The molecule has 0 aliphatic rings. The van der Waals surface area contributed by atoms with Crippen molar-refractivity contribution in [3.05, 3.63) is 0 Å². The van der Waals surface area contributed by atoms with Crippen LogP contribution in [-0.2, 0) is 4.74 Å². The molecule has 3 nitrogen and oxygen atoms in total. The summed E-state index contributed by atoms with van der Waals surface area (Å²) < 4.78 is 4.30. The van der Waals surface area contributed by atoms with E-state index >= 15 is 0 Å². The molecule has 0 fully saturated rings. The van der Waals surface area contributed by atoms with Gasteiger partial charge < -0.3 is 4.74 Å². The normalized spacial score (nSPS) is 9.33. The van der Waals surface area contributed by atoms with Crippen molar-refractivity contribution in [2.45, 2.75) is 13.8 Å². The van der Waals surface area contributed by atoms with Gasteiger partial charge in [-0.3, -0.25) is 0 Å². The average Bonchev–Trinajstić information content (AvgIpc) is 1.83. The lowest BCUT2D eigenvalue weighted by atomic mass is 10.2. The molecular weight excluding hydrogens is 118 g/mol. The van der Waals surface area contributed by atoms with Gasteiger partial charge in [0.05, 0.1) is 7.11 Å². The zero-order valence-electron chi connectivity index (χ0n) is 6.05. The Hall–Kier alpha value is -0.730. The zero-order valence-corrected chi connectivity index (χ0v) is 6.05. The summed E-state index contributed by atoms with van der Waals surface area (Å²) in [5.41, 5.74) is 0. The van der Waals surface area contributed by atoms with Crippen LogP contribution >= 0.6 is 0 Å². The number of amides is 1. The van der Waals surface area contributed by atoms with Crippen LogP contribution in [0.1, 0.15) is 13.8 Å². The van der Waals surface area contributed by atoms with Crippen LogP contribution in [0.15, 0.2) is 0 Å². The fourth-order valence-electron chi connectivity index (χ4n) is 0.322. The van der Waals surface area contributed by atoms with Crippen molar-refractivity contribution in [3.8, 4) is 0 Å². The predicted molar refractivity (Wildman–Crippen MR) is 34.2 cm³/mol. The van der Waals surface area contributed by atoms with E-state index in [-0.39, 0.29) is 0 Å². The van der Waals surface area contributed by atoms with E-state index < -0.39 is 6.09 Å². The highest BCUT2D eigenvalue weighted by Gasteiger charge is 2.00. The Kier molecular flexibility index (Phi) is 3.84. The first-order chi connectivity index (χ1) is 4.16. The van der Waals surface area contributed by atoms with Crippen molar-refractivity contribution in [2.75, 3.05) is 13.7 Å². The molecule has 0 aliphatic heterocycles. The summed E-state index contributed by atoms with van der Waals surface area (Å²) in [6.07, 6.45) is -0.483. The Bertz CT molecular complexity index is 91.1. The molecule has 0 aromatic rings. The van der Waals surface area contributed by atoms with E-state index in [1.807, 2.05) is 13.8 Å². The van der Waals surface area contributed by atoms with Gasteiger partial charge >= 0.3 is 6.09 Å². The van der Waals surface area contributed by atoms with Crippen LogP contribution in [0.5, 0.6) is 0 Å². The van der Waals surface area contributed by atoms with Crippen LogP contribution in [-0.4, -0.2) is 19.7 Å². The number of methoxy groups -OCH3 is 1. The van der Waals surface area contributed by atoms with Gasteiger partial charge in [0.1, 0.15) is 0 Å². The van der Waals surface area contributed by atoms with E-state index in [0.717, 1.165) is 0 Å². The summed E-state index contributed by atoms with van der Waals surface area (Å²) in [6, 6.07) is 0. The van der Waals surface area contributed by atoms with Gasteiger partial charge in [0.25, 0.3) is 0 Å². The Morgan fingerprint density at radius 2 is 2.22 bits per heavy atom. The Labute approximate surface area is 55.4 Å². The maximum absolute atomic E-state index is 10.3. The summed E-state index contributed by atoms with van der Waals surface area (Å²) >= 11 is 0. The summed E-state index contributed by atoms with van der Waals surface area (Å²) in [6.45, 7) is 4.53. The summed E-state index contributed by atoms with van der Waals surface area (Å²) in [5, 5.41) is 3.58. The molecule has 53 valence electrons. The average molecular weight is 130 g/mol. The molecule has 0 saturated carbocycles. The highest BCUT2D eigenvalue weighted by atomic mass is 16.5. The SMILES string of the molecule is COC(=O)[N]CC(C)C. The lowest BCUT2D eigenvalue weighted by molar-refractivity contribution is 0.168. The number of carbonyl (C=O) groups excluding carboxylic acids is 1. The molecule has 1 amide bonds. The molecule has 0 atom stereocenters. The topological polar surface area (TPSA) is 40.4 Å². The highest BCUT2D eigenvalue weighted by Crippen LogP contribution is 1.88. The van der Waals surface area contributed by atoms with Crippen LogP contribution in [0.3, 0.4) is 0 Å². The van der Waals surface area contributed by atoms with Crippen LogP contribution in [0.25, 0.3) is 0 Å². The lowest BCUT2D eigenvalue weighted by Crippen LogP contribution is -2.19. The standard InChI is InChI=1S/C6H12NO2/c1-5(2)4-7-6(8)9-3/h5H,4H2,1-3H3. The third kappa shape index (κ3) is 5.14. The molecule has 1 radical (unpaired) electrons. The number of hydrogen-bond donors (Lipinski definition) is 0. The molecule has 0 aromatic heterocycles. The Morgan fingerprint density at radius 1 is 1.67 bits per heavy atom. The maximum Gasteiger partial charge on any atom is 0.428 e. The first-order valence-corrected chi connectivity index (χ1v) is 2.92. The quantitative estimate of drug-likeness (QED) is 0.559. The van der Waals surface area contributed by atoms with Gasteiger partial charge in [-0.1, -0.05) is 13.8 Å². The summed E-state index contributed by atoms with van der Waals surface area (Å²) in [4.78, 5) is 10.3. The first kappa shape index (κ1) is 8.27. The summed E-state index contributed by atoms with van der Waals surface area (Å²) in [5.74, 6) is 0.420. The molecule has 0 heterocycles. The summed E-state index contributed by atoms with van der Waals surface area (Å²) in [7, 11) is 1.33. The minimum Gasteiger partial charge on any atom is -0.452 e. The zero-order chi connectivity index (χ0) is 7.28. The van der Waals surface area contributed by atoms with Gasteiger partial charge in [0.15, 0.2) is 0 Å². The van der Waals surface area contributed by atoms with Crippen molar-refractivity contribution >= 4 is 6.09 Å². The molecular formula is C6H12NO2. The van der Waals surface area contributed by atoms with Crippen molar-refractivity contribution in [2.24, 2.45) is 5.92 Å². The molecule has 0 saturated heterocycles. The molecule has 3 heteroatoms. The number of carbonyl (C=O) groups is 1. The highest BCUT2D eigenvalue weighted by molar-refractivity contribution is 5.66. The largest absolute Gasteiger partial charge is 0.452 e. The van der Waals surface area contributed by atoms with Crippen molar-refractivity contribution in [3.63, 3.8) is 0 Å². The van der Waals surface area contributed by atoms with E-state index in [2.05, 4.69) is 10.1 Å². The Morgan fingerprint density at radius 3 is 2.56 bits per heavy atom. The lowest BCUT2D eigenvalue weighted by Gasteiger charge is -2.01.